The Labute approximate surface area is 120 Å². The zero-order valence-corrected chi connectivity index (χ0v) is 12.6. The number of rotatable bonds is 7. The predicted octanol–water partition coefficient (Wildman–Crippen LogP) is 3.02. The van der Waals surface area contributed by atoms with Crippen LogP contribution in [0.25, 0.3) is 0 Å². The minimum Gasteiger partial charge on any atom is -0.465 e. The highest BCUT2D eigenvalue weighted by atomic mass is 16.6. The molecule has 0 radical (unpaired) electrons. The molecule has 0 aromatic heterocycles. The smallest absolute Gasteiger partial charge is 0.321 e. The molecule has 0 spiro atoms. The van der Waals surface area contributed by atoms with Crippen LogP contribution >= 0.6 is 0 Å². The molecular formula is C16H24O4. The van der Waals surface area contributed by atoms with Gasteiger partial charge in [-0.1, -0.05) is 26.7 Å². The first-order chi connectivity index (χ1) is 9.63. The Morgan fingerprint density at radius 1 is 1.35 bits per heavy atom. The second-order valence-corrected chi connectivity index (χ2v) is 4.94. The Hall–Kier alpha value is -1.54. The van der Waals surface area contributed by atoms with Crippen molar-refractivity contribution >= 4 is 11.9 Å². The number of hydrogen-bond donors (Lipinski definition) is 0. The van der Waals surface area contributed by atoms with Crippen LogP contribution in [0.1, 0.15) is 46.5 Å². The summed E-state index contributed by atoms with van der Waals surface area (Å²) in [6.07, 6.45) is 5.94. The third kappa shape index (κ3) is 4.53. The standard InChI is InChI=1S/C16H24O4/c1-4-7-12(8-5-2)9-10-13-11-20-16(18)14(13)15(17)19-6-3/h10,13-14H,4-8,11H2,1-3H3/t13-,14-/m0/s1. The number of esters is 2. The van der Waals surface area contributed by atoms with Gasteiger partial charge in [0.15, 0.2) is 5.92 Å². The molecule has 1 heterocycles. The van der Waals surface area contributed by atoms with Gasteiger partial charge >= 0.3 is 11.9 Å². The van der Waals surface area contributed by atoms with Crippen LogP contribution < -0.4 is 0 Å². The van der Waals surface area contributed by atoms with Gasteiger partial charge in [-0.25, -0.2) is 0 Å². The van der Waals surface area contributed by atoms with E-state index in [0.717, 1.165) is 25.7 Å². The van der Waals surface area contributed by atoms with Crippen molar-refractivity contribution in [1.29, 1.82) is 0 Å². The van der Waals surface area contributed by atoms with Crippen molar-refractivity contribution in [2.45, 2.75) is 46.5 Å². The molecule has 0 bridgehead atoms. The fourth-order valence-corrected chi connectivity index (χ4v) is 2.28. The maximum atomic E-state index is 11.8. The zero-order chi connectivity index (χ0) is 15.0. The van der Waals surface area contributed by atoms with E-state index in [-0.39, 0.29) is 19.1 Å². The predicted molar refractivity (Wildman–Crippen MR) is 76.0 cm³/mol. The summed E-state index contributed by atoms with van der Waals surface area (Å²) < 4.78 is 9.91. The molecular weight excluding hydrogens is 256 g/mol. The summed E-state index contributed by atoms with van der Waals surface area (Å²) in [4.78, 5) is 23.4. The molecule has 0 saturated carbocycles. The number of carbonyl (C=O) groups is 2. The van der Waals surface area contributed by atoms with Crippen LogP contribution in [0.5, 0.6) is 0 Å². The van der Waals surface area contributed by atoms with Gasteiger partial charge in [0.1, 0.15) is 0 Å². The average Bonchev–Trinajstić information content (AvgIpc) is 2.78. The normalized spacial score (nSPS) is 21.1. The van der Waals surface area contributed by atoms with E-state index in [1.807, 2.05) is 6.08 Å². The van der Waals surface area contributed by atoms with Crippen molar-refractivity contribution in [3.8, 4) is 0 Å². The third-order valence-corrected chi connectivity index (χ3v) is 3.25. The molecule has 0 aliphatic carbocycles. The first-order valence-electron chi connectivity index (χ1n) is 7.41. The lowest BCUT2D eigenvalue weighted by molar-refractivity contribution is -0.156. The summed E-state index contributed by atoms with van der Waals surface area (Å²) in [5.74, 6) is -2.07. The number of carbonyl (C=O) groups excluding carboxylic acids is 2. The lowest BCUT2D eigenvalue weighted by Crippen LogP contribution is -2.26. The molecule has 0 aromatic rings. The highest BCUT2D eigenvalue weighted by molar-refractivity contribution is 5.96. The highest BCUT2D eigenvalue weighted by Crippen LogP contribution is 2.25. The van der Waals surface area contributed by atoms with Crippen molar-refractivity contribution in [2.75, 3.05) is 13.2 Å². The fraction of sp³-hybridized carbons (Fsp3) is 0.688. The molecule has 4 heteroatoms. The molecule has 1 fully saturated rings. The number of hydrogen-bond acceptors (Lipinski definition) is 4. The van der Waals surface area contributed by atoms with E-state index in [2.05, 4.69) is 19.6 Å². The summed E-state index contributed by atoms with van der Waals surface area (Å²) in [5, 5.41) is 0. The van der Waals surface area contributed by atoms with E-state index in [0.29, 0.717) is 0 Å². The van der Waals surface area contributed by atoms with E-state index in [4.69, 9.17) is 9.47 Å². The molecule has 20 heavy (non-hydrogen) atoms. The Bertz CT molecular complexity index is 397. The molecule has 0 unspecified atom stereocenters. The van der Waals surface area contributed by atoms with Crippen LogP contribution in [0.3, 0.4) is 0 Å². The molecule has 0 aromatic carbocycles. The Morgan fingerprint density at radius 2 is 2.00 bits per heavy atom. The molecule has 2 atom stereocenters. The lowest BCUT2D eigenvalue weighted by atomic mass is 9.94. The summed E-state index contributed by atoms with van der Waals surface area (Å²) in [6.45, 7) is 6.48. The molecule has 0 amide bonds. The van der Waals surface area contributed by atoms with E-state index >= 15 is 0 Å². The van der Waals surface area contributed by atoms with Gasteiger partial charge in [-0.15, -0.1) is 5.73 Å². The van der Waals surface area contributed by atoms with Crippen molar-refractivity contribution in [3.05, 3.63) is 17.4 Å². The highest BCUT2D eigenvalue weighted by Gasteiger charge is 2.42. The van der Waals surface area contributed by atoms with Crippen LogP contribution in [-0.4, -0.2) is 25.2 Å². The molecule has 4 nitrogen and oxygen atoms in total. The van der Waals surface area contributed by atoms with E-state index in [1.165, 1.54) is 5.57 Å². The van der Waals surface area contributed by atoms with Crippen molar-refractivity contribution in [1.82, 2.24) is 0 Å². The van der Waals surface area contributed by atoms with Gasteiger partial charge < -0.3 is 9.47 Å². The summed E-state index contributed by atoms with van der Waals surface area (Å²) in [6, 6.07) is 0. The molecule has 1 rings (SSSR count). The average molecular weight is 280 g/mol. The van der Waals surface area contributed by atoms with Gasteiger partial charge in [-0.3, -0.25) is 9.59 Å². The Morgan fingerprint density at radius 3 is 2.55 bits per heavy atom. The van der Waals surface area contributed by atoms with Gasteiger partial charge in [0.2, 0.25) is 0 Å². The minimum atomic E-state index is -0.827. The van der Waals surface area contributed by atoms with Gasteiger partial charge in [0, 0.05) is 5.92 Å². The second kappa shape index (κ2) is 8.60. The van der Waals surface area contributed by atoms with E-state index < -0.39 is 17.9 Å². The number of ether oxygens (including phenoxy) is 2. The first kappa shape index (κ1) is 16.5. The zero-order valence-electron chi connectivity index (χ0n) is 12.6. The summed E-state index contributed by atoms with van der Waals surface area (Å²) in [5.41, 5.74) is 4.50. The quantitative estimate of drug-likeness (QED) is 0.408. The molecule has 1 aliphatic rings. The van der Waals surface area contributed by atoms with Crippen LogP contribution in [0.2, 0.25) is 0 Å². The minimum absolute atomic E-state index is 0.237. The molecule has 1 aliphatic heterocycles. The van der Waals surface area contributed by atoms with Crippen molar-refractivity contribution < 1.29 is 19.1 Å². The largest absolute Gasteiger partial charge is 0.465 e. The van der Waals surface area contributed by atoms with Gasteiger partial charge in [0.25, 0.3) is 0 Å². The lowest BCUT2D eigenvalue weighted by Gasteiger charge is -2.09. The maximum absolute atomic E-state index is 11.8. The summed E-state index contributed by atoms with van der Waals surface area (Å²) >= 11 is 0. The van der Waals surface area contributed by atoms with Gasteiger partial charge in [-0.05, 0) is 31.4 Å². The van der Waals surface area contributed by atoms with E-state index in [1.54, 1.807) is 6.92 Å². The third-order valence-electron chi connectivity index (χ3n) is 3.25. The van der Waals surface area contributed by atoms with Gasteiger partial charge in [0.05, 0.1) is 13.2 Å². The Balaban J connectivity index is 2.84. The Kier molecular flexibility index (Phi) is 7.10. The van der Waals surface area contributed by atoms with Crippen LogP contribution in [-0.2, 0) is 19.1 Å². The van der Waals surface area contributed by atoms with Gasteiger partial charge in [-0.2, -0.15) is 0 Å². The summed E-state index contributed by atoms with van der Waals surface area (Å²) in [7, 11) is 0. The fourth-order valence-electron chi connectivity index (χ4n) is 2.28. The molecule has 112 valence electrons. The van der Waals surface area contributed by atoms with Crippen LogP contribution in [0, 0.1) is 11.8 Å². The monoisotopic (exact) mass is 280 g/mol. The second-order valence-electron chi connectivity index (χ2n) is 4.94. The van der Waals surface area contributed by atoms with Crippen LogP contribution in [0.4, 0.5) is 0 Å². The van der Waals surface area contributed by atoms with Crippen molar-refractivity contribution in [2.24, 2.45) is 11.8 Å². The number of cyclic esters (lactones) is 1. The van der Waals surface area contributed by atoms with E-state index in [9.17, 15) is 9.59 Å². The maximum Gasteiger partial charge on any atom is 0.321 e. The SMILES string of the molecule is CCCC(=C=C[C@H]1COC(=O)[C@@H]1C(=O)OCC)CCC. The van der Waals surface area contributed by atoms with Crippen molar-refractivity contribution in [3.63, 3.8) is 0 Å². The van der Waals surface area contributed by atoms with Crippen LogP contribution in [0.15, 0.2) is 17.4 Å². The molecule has 1 saturated heterocycles. The molecule has 0 N–H and O–H groups in total. The first-order valence-corrected chi connectivity index (χ1v) is 7.41. The topological polar surface area (TPSA) is 52.6 Å².